The van der Waals surface area contributed by atoms with Crippen molar-refractivity contribution in [1.29, 1.82) is 0 Å². The maximum Gasteiger partial charge on any atom is 0.231 e. The molecule has 0 fully saturated rings. The molecule has 2 atom stereocenters. The van der Waals surface area contributed by atoms with Gasteiger partial charge in [0.25, 0.3) is 0 Å². The van der Waals surface area contributed by atoms with Crippen LogP contribution in [0.1, 0.15) is 11.1 Å². The van der Waals surface area contributed by atoms with Gasteiger partial charge in [-0.15, -0.1) is 18.5 Å². The third kappa shape index (κ3) is 2.08. The Balaban J connectivity index is 1.91. The van der Waals surface area contributed by atoms with Crippen molar-refractivity contribution in [3.8, 4) is 23.0 Å². The van der Waals surface area contributed by atoms with Gasteiger partial charge in [-0.3, -0.25) is 0 Å². The van der Waals surface area contributed by atoms with Gasteiger partial charge >= 0.3 is 0 Å². The van der Waals surface area contributed by atoms with Crippen LogP contribution in [0.15, 0.2) is 24.3 Å². The quantitative estimate of drug-likeness (QED) is 0.470. The topological polar surface area (TPSA) is 36.9 Å². The molecule has 2 aliphatic heterocycles. The van der Waals surface area contributed by atoms with Crippen LogP contribution in [-0.2, 0) is 0 Å². The van der Waals surface area contributed by atoms with Crippen molar-refractivity contribution in [3.63, 3.8) is 0 Å². The van der Waals surface area contributed by atoms with Crippen LogP contribution < -0.4 is 29.6 Å². The number of hydrogen-bond donors (Lipinski definition) is 0. The van der Waals surface area contributed by atoms with Crippen molar-refractivity contribution in [2.45, 2.75) is 0 Å². The van der Waals surface area contributed by atoms with Crippen LogP contribution >= 0.6 is 30.7 Å². The Morgan fingerprint density at radius 3 is 1.68 bits per heavy atom. The summed E-state index contributed by atoms with van der Waals surface area (Å²) in [5, 5.41) is 1.91. The fraction of sp³-hybridized carbons (Fsp3) is 0.133. The highest BCUT2D eigenvalue weighted by Crippen LogP contribution is 2.41. The Kier molecular flexibility index (Phi) is 3.45. The summed E-state index contributed by atoms with van der Waals surface area (Å²) < 4.78 is 22.1. The number of ether oxygens (including phenoxy) is 4. The molecule has 2 aromatic rings. The van der Waals surface area contributed by atoms with Gasteiger partial charge < -0.3 is 18.9 Å². The van der Waals surface area contributed by atoms with E-state index in [9.17, 15) is 0 Å². The minimum Gasteiger partial charge on any atom is -0.454 e. The molecule has 0 N–H and O–H groups in total. The van der Waals surface area contributed by atoms with Crippen LogP contribution in [0.5, 0.6) is 23.0 Å². The summed E-state index contributed by atoms with van der Waals surface area (Å²) in [6, 6.07) is 7.66. The summed E-state index contributed by atoms with van der Waals surface area (Å²) in [6.07, 6.45) is 0. The van der Waals surface area contributed by atoms with E-state index < -0.39 is 0 Å². The molecule has 22 heavy (non-hydrogen) atoms. The monoisotopic (exact) mass is 350 g/mol. The molecule has 0 aliphatic carbocycles. The van der Waals surface area contributed by atoms with Crippen molar-refractivity contribution in [3.05, 3.63) is 35.4 Å². The summed E-state index contributed by atoms with van der Waals surface area (Å²) in [6.45, 7) is 0.415. The lowest BCUT2D eigenvalue weighted by atomic mass is 10.0. The van der Waals surface area contributed by atoms with Gasteiger partial charge in [0, 0.05) is 11.1 Å². The van der Waals surface area contributed by atoms with Gasteiger partial charge in [0.05, 0.1) is 4.86 Å². The Bertz CT molecular complexity index is 741. The van der Waals surface area contributed by atoms with Crippen LogP contribution in [-0.4, -0.2) is 18.5 Å². The number of fused-ring (bicyclic) bond motifs is 2. The maximum atomic E-state index is 5.75. The zero-order valence-corrected chi connectivity index (χ0v) is 14.5. The lowest BCUT2D eigenvalue weighted by Crippen LogP contribution is -2.17. The van der Waals surface area contributed by atoms with Crippen LogP contribution in [0, 0.1) is 0 Å². The Labute approximate surface area is 137 Å². The predicted molar refractivity (Wildman–Crippen MR) is 94.6 cm³/mol. The number of benzene rings is 2. The van der Waals surface area contributed by atoms with Gasteiger partial charge in [-0.1, -0.05) is 24.4 Å². The Morgan fingerprint density at radius 1 is 0.773 bits per heavy atom. The first-order chi connectivity index (χ1) is 10.7. The smallest absolute Gasteiger partial charge is 0.231 e. The average Bonchev–Trinajstić information content (AvgIpc) is 3.14. The van der Waals surface area contributed by atoms with E-state index in [1.807, 2.05) is 24.3 Å². The molecule has 0 saturated carbocycles. The highest BCUT2D eigenvalue weighted by molar-refractivity contribution is 7.81. The van der Waals surface area contributed by atoms with E-state index in [1.54, 1.807) is 0 Å². The van der Waals surface area contributed by atoms with E-state index in [0.717, 1.165) is 21.7 Å². The second-order valence-corrected chi connectivity index (χ2v) is 6.51. The molecular formula is C15H12O4P2S. The standard InChI is InChI=1S/C15H12O4P2S/c20-9-3-1-7-13(18-5-16-7)11(9)15(22)12-10(21)4-2-8-14(12)19-6-17-8/h1-4H,5-6,20-21H2. The largest absolute Gasteiger partial charge is 0.454 e. The summed E-state index contributed by atoms with van der Waals surface area (Å²) >= 11 is 5.75. The molecule has 0 radical (unpaired) electrons. The molecule has 0 bridgehead atoms. The molecule has 4 rings (SSSR count). The molecular weight excluding hydrogens is 338 g/mol. The normalized spacial score (nSPS) is 14.3. The lowest BCUT2D eigenvalue weighted by Gasteiger charge is -2.14. The van der Waals surface area contributed by atoms with E-state index in [4.69, 9.17) is 31.2 Å². The van der Waals surface area contributed by atoms with Gasteiger partial charge in [0.1, 0.15) is 0 Å². The summed E-state index contributed by atoms with van der Waals surface area (Å²) in [7, 11) is 5.39. The van der Waals surface area contributed by atoms with Crippen LogP contribution in [0.2, 0.25) is 0 Å². The number of hydrogen-bond acceptors (Lipinski definition) is 5. The third-order valence-corrected chi connectivity index (χ3v) is 4.97. The van der Waals surface area contributed by atoms with E-state index in [-0.39, 0.29) is 13.6 Å². The van der Waals surface area contributed by atoms with Crippen molar-refractivity contribution < 1.29 is 18.9 Å². The third-order valence-electron chi connectivity index (χ3n) is 3.60. The molecule has 2 heterocycles. The Morgan fingerprint density at radius 2 is 1.23 bits per heavy atom. The van der Waals surface area contributed by atoms with Gasteiger partial charge in [-0.25, -0.2) is 0 Å². The average molecular weight is 350 g/mol. The molecule has 2 aliphatic rings. The predicted octanol–water partition coefficient (Wildman–Crippen LogP) is 1.91. The molecule has 7 heteroatoms. The highest BCUT2D eigenvalue weighted by atomic mass is 32.1. The van der Waals surface area contributed by atoms with Gasteiger partial charge in [0.15, 0.2) is 23.0 Å². The first-order valence-electron chi connectivity index (χ1n) is 6.57. The molecule has 4 nitrogen and oxygen atoms in total. The molecule has 2 aromatic carbocycles. The summed E-state index contributed by atoms with van der Waals surface area (Å²) in [5.74, 6) is 2.77. The van der Waals surface area contributed by atoms with E-state index >= 15 is 0 Å². The zero-order valence-electron chi connectivity index (χ0n) is 11.4. The lowest BCUT2D eigenvalue weighted by molar-refractivity contribution is 0.174. The molecule has 0 saturated heterocycles. The maximum absolute atomic E-state index is 5.75. The van der Waals surface area contributed by atoms with E-state index in [0.29, 0.717) is 27.9 Å². The van der Waals surface area contributed by atoms with Gasteiger partial charge in [0.2, 0.25) is 13.6 Å². The second-order valence-electron chi connectivity index (χ2n) is 4.86. The SMILES string of the molecule is Pc1ccc2c(c1C(=S)c1c(P)ccc3c1OCO3)OCO2. The van der Waals surface area contributed by atoms with Crippen LogP contribution in [0.4, 0.5) is 0 Å². The van der Waals surface area contributed by atoms with Crippen molar-refractivity contribution in [1.82, 2.24) is 0 Å². The summed E-state index contributed by atoms with van der Waals surface area (Å²) in [4.78, 5) is 0.653. The molecule has 0 aromatic heterocycles. The summed E-state index contributed by atoms with van der Waals surface area (Å²) in [5.41, 5.74) is 1.67. The number of rotatable bonds is 2. The Hall–Kier alpha value is -1.41. The minimum absolute atomic E-state index is 0.208. The van der Waals surface area contributed by atoms with Crippen LogP contribution in [0.3, 0.4) is 0 Å². The molecule has 0 spiro atoms. The number of thiocarbonyl (C=S) groups is 1. The van der Waals surface area contributed by atoms with Gasteiger partial charge in [-0.05, 0) is 22.7 Å². The second kappa shape index (κ2) is 5.34. The zero-order chi connectivity index (χ0) is 15.3. The van der Waals surface area contributed by atoms with Crippen molar-refractivity contribution in [2.24, 2.45) is 0 Å². The van der Waals surface area contributed by atoms with E-state index in [1.165, 1.54) is 0 Å². The molecule has 112 valence electrons. The van der Waals surface area contributed by atoms with E-state index in [2.05, 4.69) is 18.5 Å². The fourth-order valence-electron chi connectivity index (χ4n) is 2.57. The van der Waals surface area contributed by atoms with Crippen LogP contribution in [0.25, 0.3) is 0 Å². The first kappa shape index (κ1) is 14.2. The molecule has 2 unspecified atom stereocenters. The molecule has 0 amide bonds. The first-order valence-corrected chi connectivity index (χ1v) is 8.14. The minimum atomic E-state index is 0.208. The van der Waals surface area contributed by atoms with Crippen molar-refractivity contribution in [2.75, 3.05) is 13.6 Å². The van der Waals surface area contributed by atoms with Crippen molar-refractivity contribution >= 4 is 46.2 Å². The van der Waals surface area contributed by atoms with Gasteiger partial charge in [-0.2, -0.15) is 0 Å². The highest BCUT2D eigenvalue weighted by Gasteiger charge is 2.28. The fourth-order valence-corrected chi connectivity index (χ4v) is 3.94.